The maximum atomic E-state index is 12.9. The predicted octanol–water partition coefficient (Wildman–Crippen LogP) is 2.29. The zero-order valence-corrected chi connectivity index (χ0v) is 14.1. The number of rotatable bonds is 1. The number of carbonyl (C=O) groups excluding carboxylic acids is 2. The SMILES string of the molecule is O=C1NCCOCCCN(C(=O)c2ccsc2)[C@H]2CCCC[C@@H]12. The molecule has 0 bridgehead atoms. The van der Waals surface area contributed by atoms with Crippen molar-refractivity contribution in [2.24, 2.45) is 5.92 Å². The van der Waals surface area contributed by atoms with Crippen LogP contribution in [0.25, 0.3) is 0 Å². The van der Waals surface area contributed by atoms with Crippen molar-refractivity contribution in [3.63, 3.8) is 0 Å². The lowest BCUT2D eigenvalue weighted by molar-refractivity contribution is -0.128. The van der Waals surface area contributed by atoms with Gasteiger partial charge in [0.25, 0.3) is 5.91 Å². The number of carbonyl (C=O) groups is 2. The Labute approximate surface area is 141 Å². The summed E-state index contributed by atoms with van der Waals surface area (Å²) in [5, 5.41) is 6.79. The van der Waals surface area contributed by atoms with Crippen LogP contribution in [0.5, 0.6) is 0 Å². The number of nitrogens with zero attached hydrogens (tertiary/aromatic N) is 1. The van der Waals surface area contributed by atoms with Gasteiger partial charge in [0.05, 0.1) is 18.1 Å². The van der Waals surface area contributed by atoms with Crippen LogP contribution in [0.1, 0.15) is 42.5 Å². The summed E-state index contributed by atoms with van der Waals surface area (Å²) in [7, 11) is 0. The molecule has 2 fully saturated rings. The van der Waals surface area contributed by atoms with Crippen LogP contribution in [0.4, 0.5) is 0 Å². The van der Waals surface area contributed by atoms with Crippen molar-refractivity contribution in [2.75, 3.05) is 26.3 Å². The number of amides is 2. The molecule has 5 nitrogen and oxygen atoms in total. The van der Waals surface area contributed by atoms with E-state index >= 15 is 0 Å². The molecule has 0 aromatic carbocycles. The van der Waals surface area contributed by atoms with Gasteiger partial charge in [-0.05, 0) is 30.7 Å². The minimum absolute atomic E-state index is 0.00856. The minimum atomic E-state index is -0.0931. The molecule has 2 atom stereocenters. The van der Waals surface area contributed by atoms with E-state index in [2.05, 4.69) is 5.32 Å². The maximum absolute atomic E-state index is 12.9. The van der Waals surface area contributed by atoms with Gasteiger partial charge in [-0.2, -0.15) is 11.3 Å². The highest BCUT2D eigenvalue weighted by Gasteiger charge is 2.37. The van der Waals surface area contributed by atoms with E-state index in [4.69, 9.17) is 4.74 Å². The van der Waals surface area contributed by atoms with Crippen molar-refractivity contribution in [3.8, 4) is 0 Å². The van der Waals surface area contributed by atoms with Crippen LogP contribution in [0, 0.1) is 5.92 Å². The molecule has 1 N–H and O–H groups in total. The molecule has 6 heteroatoms. The van der Waals surface area contributed by atoms with Crippen molar-refractivity contribution in [1.29, 1.82) is 0 Å². The van der Waals surface area contributed by atoms with E-state index in [1.54, 1.807) is 0 Å². The van der Waals surface area contributed by atoms with Gasteiger partial charge >= 0.3 is 0 Å². The van der Waals surface area contributed by atoms with Gasteiger partial charge in [0, 0.05) is 31.1 Å². The van der Waals surface area contributed by atoms with Gasteiger partial charge in [-0.1, -0.05) is 12.8 Å². The summed E-state index contributed by atoms with van der Waals surface area (Å²) in [4.78, 5) is 27.4. The molecule has 2 heterocycles. The Balaban J connectivity index is 1.85. The first-order valence-electron chi connectivity index (χ1n) is 8.46. The molecule has 126 valence electrons. The third-order valence-corrected chi connectivity index (χ3v) is 5.41. The standard InChI is InChI=1S/C17H24N2O3S/c20-16-14-4-1-2-5-15(14)19(8-3-9-22-10-7-18-16)17(21)13-6-11-23-12-13/h6,11-12,14-15H,1-5,7-10H2,(H,18,20)/t14-,15+/m1/s1. The summed E-state index contributed by atoms with van der Waals surface area (Å²) >= 11 is 1.53. The largest absolute Gasteiger partial charge is 0.380 e. The highest BCUT2D eigenvalue weighted by Crippen LogP contribution is 2.30. The lowest BCUT2D eigenvalue weighted by Crippen LogP contribution is -2.51. The molecular formula is C17H24N2O3S. The molecular weight excluding hydrogens is 312 g/mol. The molecule has 1 aromatic heterocycles. The van der Waals surface area contributed by atoms with Crippen molar-refractivity contribution in [1.82, 2.24) is 10.2 Å². The molecule has 1 aliphatic carbocycles. The Morgan fingerprint density at radius 2 is 2.13 bits per heavy atom. The first-order valence-corrected chi connectivity index (χ1v) is 9.40. The van der Waals surface area contributed by atoms with Crippen molar-refractivity contribution >= 4 is 23.2 Å². The van der Waals surface area contributed by atoms with Gasteiger partial charge in [-0.15, -0.1) is 0 Å². The quantitative estimate of drug-likeness (QED) is 0.856. The van der Waals surface area contributed by atoms with Gasteiger partial charge < -0.3 is 15.0 Å². The van der Waals surface area contributed by atoms with E-state index in [1.165, 1.54) is 11.3 Å². The van der Waals surface area contributed by atoms with Gasteiger partial charge in [-0.25, -0.2) is 0 Å². The van der Waals surface area contributed by atoms with Gasteiger partial charge in [-0.3, -0.25) is 9.59 Å². The molecule has 1 saturated carbocycles. The molecule has 2 amide bonds. The van der Waals surface area contributed by atoms with Crippen molar-refractivity contribution < 1.29 is 14.3 Å². The number of thiophene rings is 1. The monoisotopic (exact) mass is 336 g/mol. The van der Waals surface area contributed by atoms with Crippen LogP contribution in [0.2, 0.25) is 0 Å². The van der Waals surface area contributed by atoms with E-state index in [0.29, 0.717) is 26.3 Å². The van der Waals surface area contributed by atoms with Gasteiger partial charge in [0.2, 0.25) is 5.91 Å². The fourth-order valence-corrected chi connectivity index (χ4v) is 4.21. The summed E-state index contributed by atoms with van der Waals surface area (Å²) in [6, 6.07) is 1.88. The number of hydrogen-bond acceptors (Lipinski definition) is 4. The van der Waals surface area contributed by atoms with Crippen LogP contribution in [-0.2, 0) is 9.53 Å². The Kier molecular flexibility index (Phi) is 5.67. The summed E-state index contributed by atoms with van der Waals surface area (Å²) < 4.78 is 5.54. The van der Waals surface area contributed by atoms with Crippen LogP contribution >= 0.6 is 11.3 Å². The first kappa shape index (κ1) is 16.5. The molecule has 0 unspecified atom stereocenters. The van der Waals surface area contributed by atoms with E-state index in [1.807, 2.05) is 21.7 Å². The van der Waals surface area contributed by atoms with Crippen LogP contribution in [0.15, 0.2) is 16.8 Å². The molecule has 0 radical (unpaired) electrons. The lowest BCUT2D eigenvalue weighted by atomic mass is 9.82. The van der Waals surface area contributed by atoms with E-state index < -0.39 is 0 Å². The van der Waals surface area contributed by atoms with Crippen LogP contribution in [-0.4, -0.2) is 49.1 Å². The molecule has 1 aliphatic heterocycles. The molecule has 1 saturated heterocycles. The molecule has 23 heavy (non-hydrogen) atoms. The molecule has 1 aromatic rings. The second-order valence-corrected chi connectivity index (χ2v) is 7.01. The zero-order chi connectivity index (χ0) is 16.1. The second-order valence-electron chi connectivity index (χ2n) is 6.23. The highest BCUT2D eigenvalue weighted by molar-refractivity contribution is 7.08. The summed E-state index contributed by atoms with van der Waals surface area (Å²) in [5.74, 6) is 0.0305. The number of hydrogen-bond donors (Lipinski definition) is 1. The lowest BCUT2D eigenvalue weighted by Gasteiger charge is -2.39. The summed E-state index contributed by atoms with van der Waals surface area (Å²) in [6.07, 6.45) is 4.73. The Morgan fingerprint density at radius 3 is 2.96 bits per heavy atom. The summed E-state index contributed by atoms with van der Waals surface area (Å²) in [5.41, 5.74) is 0.732. The van der Waals surface area contributed by atoms with Crippen molar-refractivity contribution in [2.45, 2.75) is 38.1 Å². The molecule has 2 aliphatic rings. The number of ether oxygens (including phenoxy) is 1. The third-order valence-electron chi connectivity index (χ3n) is 4.73. The maximum Gasteiger partial charge on any atom is 0.254 e. The van der Waals surface area contributed by atoms with Gasteiger partial charge in [0.15, 0.2) is 0 Å². The predicted molar refractivity (Wildman–Crippen MR) is 89.5 cm³/mol. The Bertz CT molecular complexity index is 532. The van der Waals surface area contributed by atoms with E-state index in [0.717, 1.165) is 37.7 Å². The molecule has 3 rings (SSSR count). The summed E-state index contributed by atoms with van der Waals surface area (Å²) in [6.45, 7) is 2.38. The minimum Gasteiger partial charge on any atom is -0.380 e. The Morgan fingerprint density at radius 1 is 1.26 bits per heavy atom. The smallest absolute Gasteiger partial charge is 0.254 e. The topological polar surface area (TPSA) is 58.6 Å². The number of fused-ring (bicyclic) bond motifs is 1. The highest BCUT2D eigenvalue weighted by atomic mass is 32.1. The fraction of sp³-hybridized carbons (Fsp3) is 0.647. The average Bonchev–Trinajstić information content (AvgIpc) is 3.10. The number of nitrogens with one attached hydrogen (secondary N) is 1. The Hall–Kier alpha value is -1.40. The zero-order valence-electron chi connectivity index (χ0n) is 13.3. The third kappa shape index (κ3) is 3.93. The van der Waals surface area contributed by atoms with Crippen molar-refractivity contribution in [3.05, 3.63) is 22.4 Å². The van der Waals surface area contributed by atoms with Crippen LogP contribution < -0.4 is 5.32 Å². The second kappa shape index (κ2) is 7.93. The molecule has 0 spiro atoms. The van der Waals surface area contributed by atoms with E-state index in [9.17, 15) is 9.59 Å². The normalized spacial score (nSPS) is 26.8. The first-order chi connectivity index (χ1) is 11.3. The van der Waals surface area contributed by atoms with Gasteiger partial charge in [0.1, 0.15) is 0 Å². The average molecular weight is 336 g/mol. The van der Waals surface area contributed by atoms with E-state index in [-0.39, 0.29) is 23.8 Å². The van der Waals surface area contributed by atoms with Crippen LogP contribution in [0.3, 0.4) is 0 Å². The fourth-order valence-electron chi connectivity index (χ4n) is 3.58.